The molecule has 4 heteroatoms. The van der Waals surface area contributed by atoms with Crippen molar-refractivity contribution < 1.29 is 13.3 Å². The van der Waals surface area contributed by atoms with Crippen molar-refractivity contribution >= 4 is 8.80 Å². The first-order valence-electron chi connectivity index (χ1n) is 5.09. The van der Waals surface area contributed by atoms with E-state index in [9.17, 15) is 0 Å². The van der Waals surface area contributed by atoms with Crippen LogP contribution in [0.1, 0.15) is 19.3 Å². The molecule has 1 saturated carbocycles. The van der Waals surface area contributed by atoms with Crippen LogP contribution in [0.3, 0.4) is 0 Å². The highest BCUT2D eigenvalue weighted by Gasteiger charge is 2.54. The van der Waals surface area contributed by atoms with E-state index in [1.807, 2.05) is 0 Å². The lowest BCUT2D eigenvalue weighted by atomic mass is 10.1. The Morgan fingerprint density at radius 1 is 1.14 bits per heavy atom. The molecule has 0 radical (unpaired) electrons. The molecule has 2 bridgehead atoms. The van der Waals surface area contributed by atoms with Crippen molar-refractivity contribution in [3.8, 4) is 0 Å². The topological polar surface area (TPSA) is 27.7 Å². The van der Waals surface area contributed by atoms with Gasteiger partial charge in [-0.15, -0.1) is 0 Å². The zero-order chi connectivity index (χ0) is 10.2. The van der Waals surface area contributed by atoms with Crippen molar-refractivity contribution in [2.45, 2.75) is 24.8 Å². The average molecular weight is 214 g/mol. The Balaban J connectivity index is 2.16. The molecule has 2 rings (SSSR count). The fourth-order valence-electron chi connectivity index (χ4n) is 2.86. The van der Waals surface area contributed by atoms with Crippen LogP contribution in [0.4, 0.5) is 0 Å². The van der Waals surface area contributed by atoms with E-state index in [-0.39, 0.29) is 0 Å². The van der Waals surface area contributed by atoms with Crippen molar-refractivity contribution in [2.75, 3.05) is 21.3 Å². The molecule has 1 fully saturated rings. The number of hydrogen-bond donors (Lipinski definition) is 0. The van der Waals surface area contributed by atoms with Gasteiger partial charge in [0.05, 0.1) is 0 Å². The molecule has 2 atom stereocenters. The van der Waals surface area contributed by atoms with E-state index in [0.29, 0.717) is 11.5 Å². The SMILES string of the molecule is CO[Si](OC)(OC)C1CC2=CCC1C2. The molecule has 0 aromatic carbocycles. The minimum atomic E-state index is -2.38. The van der Waals surface area contributed by atoms with Crippen LogP contribution < -0.4 is 0 Å². The highest BCUT2D eigenvalue weighted by atomic mass is 28.4. The van der Waals surface area contributed by atoms with Crippen LogP contribution in [0.25, 0.3) is 0 Å². The number of rotatable bonds is 4. The molecular formula is C10H18O3Si. The summed E-state index contributed by atoms with van der Waals surface area (Å²) >= 11 is 0. The van der Waals surface area contributed by atoms with Gasteiger partial charge in [-0.25, -0.2) is 0 Å². The third-order valence-corrected chi connectivity index (χ3v) is 6.88. The Labute approximate surface area is 86.4 Å². The number of allylic oxidation sites excluding steroid dienone is 2. The van der Waals surface area contributed by atoms with Gasteiger partial charge < -0.3 is 13.3 Å². The molecule has 2 aliphatic rings. The fraction of sp³-hybridized carbons (Fsp3) is 0.800. The fourth-order valence-corrected chi connectivity index (χ4v) is 5.61. The third-order valence-electron chi connectivity index (χ3n) is 3.59. The van der Waals surface area contributed by atoms with Crippen LogP contribution in [0.5, 0.6) is 0 Å². The minimum Gasteiger partial charge on any atom is -0.377 e. The molecule has 2 aliphatic carbocycles. The molecule has 0 aromatic heterocycles. The summed E-state index contributed by atoms with van der Waals surface area (Å²) in [4.78, 5) is 0. The summed E-state index contributed by atoms with van der Waals surface area (Å²) in [5.74, 6) is 0.705. The lowest BCUT2D eigenvalue weighted by molar-refractivity contribution is 0.105. The summed E-state index contributed by atoms with van der Waals surface area (Å²) < 4.78 is 16.6. The highest BCUT2D eigenvalue weighted by molar-refractivity contribution is 6.62. The smallest absolute Gasteiger partial charge is 0.377 e. The zero-order valence-electron chi connectivity index (χ0n) is 9.08. The van der Waals surface area contributed by atoms with Gasteiger partial charge in [0.1, 0.15) is 0 Å². The monoisotopic (exact) mass is 214 g/mol. The molecule has 14 heavy (non-hydrogen) atoms. The average Bonchev–Trinajstić information content (AvgIpc) is 2.83. The molecule has 0 heterocycles. The van der Waals surface area contributed by atoms with Gasteiger partial charge in [0.15, 0.2) is 0 Å². The Morgan fingerprint density at radius 3 is 2.14 bits per heavy atom. The normalized spacial score (nSPS) is 30.9. The van der Waals surface area contributed by atoms with E-state index in [4.69, 9.17) is 13.3 Å². The summed E-state index contributed by atoms with van der Waals surface area (Å²) in [5, 5.41) is 0. The van der Waals surface area contributed by atoms with Gasteiger partial charge in [0, 0.05) is 26.9 Å². The maximum absolute atomic E-state index is 5.54. The first kappa shape index (κ1) is 10.4. The maximum Gasteiger partial charge on any atom is 0.504 e. The maximum atomic E-state index is 5.54. The second kappa shape index (κ2) is 3.77. The van der Waals surface area contributed by atoms with Crippen LogP contribution in [0.15, 0.2) is 11.6 Å². The second-order valence-corrected chi connectivity index (χ2v) is 7.26. The van der Waals surface area contributed by atoms with Gasteiger partial charge in [-0.3, -0.25) is 0 Å². The van der Waals surface area contributed by atoms with Gasteiger partial charge in [0.2, 0.25) is 0 Å². The van der Waals surface area contributed by atoms with Crippen LogP contribution in [0.2, 0.25) is 5.54 Å². The summed E-state index contributed by atoms with van der Waals surface area (Å²) in [6.07, 6.45) is 5.90. The predicted octanol–water partition coefficient (Wildman–Crippen LogP) is 1.97. The molecule has 80 valence electrons. The van der Waals surface area contributed by atoms with E-state index < -0.39 is 8.80 Å². The molecule has 0 saturated heterocycles. The van der Waals surface area contributed by atoms with Gasteiger partial charge >= 0.3 is 8.80 Å². The van der Waals surface area contributed by atoms with Gasteiger partial charge in [-0.05, 0) is 25.2 Å². The Hall–Kier alpha value is -0.163. The second-order valence-electron chi connectivity index (χ2n) is 4.09. The summed E-state index contributed by atoms with van der Waals surface area (Å²) in [5.41, 5.74) is 2.06. The van der Waals surface area contributed by atoms with E-state index in [0.717, 1.165) is 6.42 Å². The van der Waals surface area contributed by atoms with E-state index >= 15 is 0 Å². The lowest BCUT2D eigenvalue weighted by Crippen LogP contribution is -2.49. The van der Waals surface area contributed by atoms with E-state index in [2.05, 4.69) is 6.08 Å². The van der Waals surface area contributed by atoms with Crippen LogP contribution in [-0.2, 0) is 13.3 Å². The van der Waals surface area contributed by atoms with Crippen molar-refractivity contribution in [3.05, 3.63) is 11.6 Å². The van der Waals surface area contributed by atoms with Gasteiger partial charge in [-0.1, -0.05) is 11.6 Å². The van der Waals surface area contributed by atoms with E-state index in [1.165, 1.54) is 12.8 Å². The summed E-state index contributed by atoms with van der Waals surface area (Å²) in [6, 6.07) is 0. The van der Waals surface area contributed by atoms with E-state index in [1.54, 1.807) is 26.9 Å². The van der Waals surface area contributed by atoms with Crippen LogP contribution in [-0.4, -0.2) is 30.1 Å². The molecule has 0 amide bonds. The quantitative estimate of drug-likeness (QED) is 0.529. The van der Waals surface area contributed by atoms with Crippen molar-refractivity contribution in [1.29, 1.82) is 0 Å². The predicted molar refractivity (Wildman–Crippen MR) is 56.0 cm³/mol. The van der Waals surface area contributed by atoms with Crippen LogP contribution in [0, 0.1) is 5.92 Å². The van der Waals surface area contributed by atoms with Crippen molar-refractivity contribution in [3.63, 3.8) is 0 Å². The van der Waals surface area contributed by atoms with Crippen LogP contribution >= 0.6 is 0 Å². The molecule has 0 aliphatic heterocycles. The first-order chi connectivity index (χ1) is 6.75. The minimum absolute atomic E-state index is 0.488. The largest absolute Gasteiger partial charge is 0.504 e. The molecule has 3 nitrogen and oxygen atoms in total. The number of fused-ring (bicyclic) bond motifs is 2. The molecule has 0 N–H and O–H groups in total. The molecule has 0 spiro atoms. The summed E-state index contributed by atoms with van der Waals surface area (Å²) in [7, 11) is 2.74. The number of hydrogen-bond acceptors (Lipinski definition) is 3. The molecule has 2 unspecified atom stereocenters. The Bertz CT molecular complexity index is 239. The molecule has 0 aromatic rings. The van der Waals surface area contributed by atoms with Crippen molar-refractivity contribution in [1.82, 2.24) is 0 Å². The zero-order valence-corrected chi connectivity index (χ0v) is 10.1. The Morgan fingerprint density at radius 2 is 1.79 bits per heavy atom. The molecular weight excluding hydrogens is 196 g/mol. The standard InChI is InChI=1S/C10H18O3Si/c1-11-14(12-2,13-3)10-7-8-4-5-9(10)6-8/h4,9-10H,5-7H2,1-3H3. The van der Waals surface area contributed by atoms with Gasteiger partial charge in [-0.2, -0.15) is 0 Å². The highest BCUT2D eigenvalue weighted by Crippen LogP contribution is 2.52. The Kier molecular flexibility index (Phi) is 2.79. The van der Waals surface area contributed by atoms with Gasteiger partial charge in [0.25, 0.3) is 0 Å². The van der Waals surface area contributed by atoms with Crippen molar-refractivity contribution in [2.24, 2.45) is 5.92 Å². The first-order valence-corrected chi connectivity index (χ1v) is 6.89. The third kappa shape index (κ3) is 1.37. The summed E-state index contributed by atoms with van der Waals surface area (Å²) in [6.45, 7) is 0. The lowest BCUT2D eigenvalue weighted by Gasteiger charge is -2.33.